The molecule has 1 heterocycles. The molecule has 0 saturated heterocycles. The summed E-state index contributed by atoms with van der Waals surface area (Å²) in [5.74, 6) is -1.08. The van der Waals surface area contributed by atoms with Crippen molar-refractivity contribution in [3.63, 3.8) is 0 Å². The third kappa shape index (κ3) is 5.44. The van der Waals surface area contributed by atoms with Crippen molar-refractivity contribution in [2.45, 2.75) is 18.3 Å². The summed E-state index contributed by atoms with van der Waals surface area (Å²) in [6.45, 7) is 5.21. The van der Waals surface area contributed by atoms with Crippen molar-refractivity contribution in [1.29, 1.82) is 0 Å². The molecular formula is C29H24N6O7. The summed E-state index contributed by atoms with van der Waals surface area (Å²) in [7, 11) is 0. The van der Waals surface area contributed by atoms with Gasteiger partial charge >= 0.3 is 0 Å². The van der Waals surface area contributed by atoms with Crippen LogP contribution in [0, 0.1) is 20.2 Å². The lowest BCUT2D eigenvalue weighted by molar-refractivity contribution is -0.570. The Bertz CT molecular complexity index is 1660. The number of non-ortho nitro benzene ring substituents is 2. The maximum atomic E-state index is 12.5. The highest BCUT2D eigenvalue weighted by Crippen LogP contribution is 2.55. The number of azo groups is 1. The molecule has 13 nitrogen and oxygen atoms in total. The highest BCUT2D eigenvalue weighted by molar-refractivity contribution is 5.60. The highest BCUT2D eigenvalue weighted by Gasteiger charge is 2.65. The number of nitro groups is 2. The standard InChI is InChI=1S/C27H21N6O5.C2H4O2/c1-30(22-12-16-24(17-13-22)32(35)36)26(20-8-4-2-5-9-20)27(34,21-10-6-3-7-11-21)29-31(28-26)23-14-18-25(19-15-23)33(37)38;1-2(3)4/h2-19,34H,1H2;1H3,(H,3,4)/q+1;/p-1/t26-,27+;/m0./s1. The Hall–Kier alpha value is -5.82. The van der Waals surface area contributed by atoms with Gasteiger partial charge in [-0.1, -0.05) is 60.7 Å². The van der Waals surface area contributed by atoms with Gasteiger partial charge in [0.1, 0.15) is 6.72 Å². The summed E-state index contributed by atoms with van der Waals surface area (Å²) in [5, 5.41) is 48.4. The number of carbonyl (C=O) groups excluding carboxylic acids is 1. The average Bonchev–Trinajstić information content (AvgIpc) is 3.32. The van der Waals surface area contributed by atoms with E-state index in [9.17, 15) is 25.3 Å². The van der Waals surface area contributed by atoms with Crippen LogP contribution in [0.15, 0.2) is 114 Å². The molecule has 0 aliphatic carbocycles. The van der Waals surface area contributed by atoms with Gasteiger partial charge < -0.3 is 15.0 Å². The molecule has 1 aliphatic heterocycles. The molecule has 0 bridgehead atoms. The van der Waals surface area contributed by atoms with E-state index in [1.165, 1.54) is 57.9 Å². The zero-order valence-electron chi connectivity index (χ0n) is 22.2. The van der Waals surface area contributed by atoms with Crippen molar-refractivity contribution < 1.29 is 34.2 Å². The van der Waals surface area contributed by atoms with E-state index in [2.05, 4.69) is 11.8 Å². The molecule has 0 spiro atoms. The molecule has 1 N–H and O–H groups in total. The van der Waals surface area contributed by atoms with Crippen molar-refractivity contribution in [3.8, 4) is 0 Å². The summed E-state index contributed by atoms with van der Waals surface area (Å²) in [5.41, 5.74) is 2.69. The fraction of sp³-hybridized carbons (Fsp3) is 0.103. The Morgan fingerprint density at radius 1 is 0.786 bits per heavy atom. The second-order valence-corrected chi connectivity index (χ2v) is 9.03. The van der Waals surface area contributed by atoms with Crippen molar-refractivity contribution in [2.24, 2.45) is 5.11 Å². The minimum Gasteiger partial charge on any atom is -0.550 e. The Labute approximate surface area is 239 Å². The lowest BCUT2D eigenvalue weighted by Crippen LogP contribution is -2.51. The van der Waals surface area contributed by atoms with Gasteiger partial charge in [0.15, 0.2) is 0 Å². The van der Waals surface area contributed by atoms with Crippen LogP contribution in [0.1, 0.15) is 18.1 Å². The van der Waals surface area contributed by atoms with Crippen molar-refractivity contribution in [3.05, 3.63) is 146 Å². The van der Waals surface area contributed by atoms with Crippen LogP contribution >= 0.6 is 0 Å². The van der Waals surface area contributed by atoms with Crippen LogP contribution in [0.3, 0.4) is 0 Å². The molecule has 0 unspecified atom stereocenters. The molecule has 4 aromatic rings. The van der Waals surface area contributed by atoms with Crippen LogP contribution in [-0.2, 0) is 16.2 Å². The molecule has 0 aromatic heterocycles. The Kier molecular flexibility index (Phi) is 8.15. The first-order valence-electron chi connectivity index (χ1n) is 12.4. The number of carboxylic acids is 1. The Morgan fingerprint density at radius 3 is 1.64 bits per heavy atom. The van der Waals surface area contributed by atoms with Gasteiger partial charge in [0, 0.05) is 60.1 Å². The number of nitrogens with zero attached hydrogens (tertiary/aromatic N) is 6. The van der Waals surface area contributed by atoms with E-state index in [0.29, 0.717) is 22.5 Å². The van der Waals surface area contributed by atoms with Crippen LogP contribution in [0.25, 0.3) is 5.43 Å². The first kappa shape index (κ1) is 29.2. The second kappa shape index (κ2) is 11.7. The molecule has 0 saturated carbocycles. The van der Waals surface area contributed by atoms with Crippen LogP contribution in [0.5, 0.6) is 0 Å². The normalized spacial score (nSPS) is 19.0. The number of carboxylic acid groups (broad SMARTS) is 1. The van der Waals surface area contributed by atoms with Crippen LogP contribution < -0.4 is 5.11 Å². The van der Waals surface area contributed by atoms with Gasteiger partial charge in [-0.05, 0) is 12.5 Å². The second-order valence-electron chi connectivity index (χ2n) is 9.03. The quantitative estimate of drug-likeness (QED) is 0.148. The van der Waals surface area contributed by atoms with Crippen molar-refractivity contribution in [2.75, 3.05) is 0 Å². The first-order valence-corrected chi connectivity index (χ1v) is 12.4. The van der Waals surface area contributed by atoms with Gasteiger partial charge in [-0.15, -0.1) is 10.2 Å². The molecule has 42 heavy (non-hydrogen) atoms. The van der Waals surface area contributed by atoms with Gasteiger partial charge in [-0.25, -0.2) is 0 Å². The molecule has 5 rings (SSSR count). The van der Waals surface area contributed by atoms with E-state index in [1.54, 1.807) is 54.6 Å². The molecule has 13 heteroatoms. The van der Waals surface area contributed by atoms with Crippen LogP contribution in [-0.4, -0.2) is 37.0 Å². The molecule has 0 fully saturated rings. The minimum absolute atomic E-state index is 0.102. The largest absolute Gasteiger partial charge is 0.550 e. The number of carbonyl (C=O) groups is 1. The van der Waals surface area contributed by atoms with Crippen LogP contribution in [0.4, 0.5) is 22.7 Å². The van der Waals surface area contributed by atoms with Crippen LogP contribution in [0.2, 0.25) is 0 Å². The first-order chi connectivity index (χ1) is 20.0. The molecule has 0 radical (unpaired) electrons. The zero-order valence-corrected chi connectivity index (χ0v) is 22.2. The average molecular weight is 569 g/mol. The number of benzene rings is 4. The SMILES string of the molecule is C=[N+](c1ccc([N+](=O)[O-])cc1)[C@]1(c2ccccc2)[N-][N+](c2ccc([N+](=O)[O-])cc2)=N[C@@]1(O)c1ccccc1.CC(=O)[O-]. The maximum absolute atomic E-state index is 12.5. The molecule has 1 aliphatic rings. The van der Waals surface area contributed by atoms with E-state index in [-0.39, 0.29) is 11.4 Å². The predicted octanol–water partition coefficient (Wildman–Crippen LogP) is 4.40. The van der Waals surface area contributed by atoms with Gasteiger partial charge in [-0.3, -0.25) is 20.2 Å². The lowest BCUT2D eigenvalue weighted by Gasteiger charge is -2.38. The molecular weight excluding hydrogens is 544 g/mol. The number of hydrogen-bond donors (Lipinski definition) is 1. The summed E-state index contributed by atoms with van der Waals surface area (Å²) < 4.78 is 1.47. The zero-order chi connectivity index (χ0) is 30.5. The van der Waals surface area contributed by atoms with Crippen molar-refractivity contribution >= 4 is 35.4 Å². The third-order valence-electron chi connectivity index (χ3n) is 6.37. The number of aliphatic carboxylic acids is 1. The number of rotatable bonds is 7. The van der Waals surface area contributed by atoms with E-state index >= 15 is 0 Å². The maximum Gasteiger partial charge on any atom is 0.294 e. The summed E-state index contributed by atoms with van der Waals surface area (Å²) >= 11 is 0. The summed E-state index contributed by atoms with van der Waals surface area (Å²) in [4.78, 5) is 31.5. The smallest absolute Gasteiger partial charge is 0.294 e. The number of hydrogen-bond acceptors (Lipinski definition) is 8. The predicted molar refractivity (Wildman–Crippen MR) is 148 cm³/mol. The summed E-state index contributed by atoms with van der Waals surface area (Å²) in [6.07, 6.45) is 0. The fourth-order valence-electron chi connectivity index (χ4n) is 4.46. The Morgan fingerprint density at radius 2 is 1.19 bits per heavy atom. The van der Waals surface area contributed by atoms with Gasteiger partial charge in [0.25, 0.3) is 17.0 Å². The Balaban J connectivity index is 0.000000952. The third-order valence-corrected chi connectivity index (χ3v) is 6.37. The van der Waals surface area contributed by atoms with Crippen molar-refractivity contribution in [1.82, 2.24) is 0 Å². The molecule has 2 atom stereocenters. The monoisotopic (exact) mass is 568 g/mol. The number of nitro benzene ring substituents is 2. The fourth-order valence-corrected chi connectivity index (χ4v) is 4.46. The summed E-state index contributed by atoms with van der Waals surface area (Å²) in [6, 6.07) is 29.0. The topological polar surface area (TPSA) is 179 Å². The lowest BCUT2D eigenvalue weighted by atomic mass is 9.83. The van der Waals surface area contributed by atoms with Gasteiger partial charge in [-0.2, -0.15) is 9.69 Å². The van der Waals surface area contributed by atoms with Gasteiger partial charge in [0.2, 0.25) is 17.1 Å². The molecule has 4 aromatic carbocycles. The molecule has 212 valence electrons. The minimum atomic E-state index is -2.04. The van der Waals surface area contributed by atoms with Gasteiger partial charge in [0.05, 0.1) is 9.85 Å². The number of aliphatic hydroxyl groups is 1. The molecule has 0 amide bonds. The highest BCUT2D eigenvalue weighted by atomic mass is 16.6. The van der Waals surface area contributed by atoms with E-state index in [0.717, 1.165) is 6.92 Å². The van der Waals surface area contributed by atoms with E-state index in [4.69, 9.17) is 15.3 Å². The van der Waals surface area contributed by atoms with E-state index in [1.807, 2.05) is 6.07 Å². The van der Waals surface area contributed by atoms with E-state index < -0.39 is 27.2 Å².